The van der Waals surface area contributed by atoms with E-state index in [1.165, 1.54) is 11.1 Å². The molecule has 0 aliphatic carbocycles. The second kappa shape index (κ2) is 9.38. The van der Waals surface area contributed by atoms with Crippen molar-refractivity contribution in [3.63, 3.8) is 0 Å². The standard InChI is InChI=1S/C24H36N2O/c1-17(2)24(26,18(3)4)16-22(20-10-6-5-7-11-20)21-15-19(9-8-14-25)12-13-23(21)27/h5-7,10-13,15,17-18,22,27H,8-9,14,16,25-26H2,1-4H3. The molecule has 0 amide bonds. The molecule has 0 fully saturated rings. The number of nitrogens with two attached hydrogens (primary N) is 2. The number of aryl methyl sites for hydroxylation is 1. The quantitative estimate of drug-likeness (QED) is 0.594. The van der Waals surface area contributed by atoms with Gasteiger partial charge in [0, 0.05) is 17.0 Å². The Bertz CT molecular complexity index is 702. The fraction of sp³-hybridized carbons (Fsp3) is 0.500. The average molecular weight is 369 g/mol. The second-order valence-electron chi connectivity index (χ2n) is 8.37. The molecule has 1 unspecified atom stereocenters. The first-order valence-corrected chi connectivity index (χ1v) is 10.1. The second-order valence-corrected chi connectivity index (χ2v) is 8.37. The van der Waals surface area contributed by atoms with Crippen LogP contribution >= 0.6 is 0 Å². The zero-order valence-electron chi connectivity index (χ0n) is 17.3. The van der Waals surface area contributed by atoms with Gasteiger partial charge < -0.3 is 16.6 Å². The van der Waals surface area contributed by atoms with Crippen molar-refractivity contribution >= 4 is 0 Å². The summed E-state index contributed by atoms with van der Waals surface area (Å²) in [5.41, 5.74) is 15.7. The molecule has 148 valence electrons. The maximum Gasteiger partial charge on any atom is 0.119 e. The van der Waals surface area contributed by atoms with Crippen LogP contribution in [-0.4, -0.2) is 17.2 Å². The van der Waals surface area contributed by atoms with E-state index < -0.39 is 0 Å². The Hall–Kier alpha value is -1.84. The van der Waals surface area contributed by atoms with Gasteiger partial charge in [-0.15, -0.1) is 0 Å². The molecular weight excluding hydrogens is 332 g/mol. The van der Waals surface area contributed by atoms with Crippen molar-refractivity contribution in [2.75, 3.05) is 6.54 Å². The normalized spacial score (nSPS) is 13.3. The number of phenolic OH excluding ortho intramolecular Hbond substituents is 1. The van der Waals surface area contributed by atoms with Gasteiger partial charge in [-0.05, 0) is 54.8 Å². The van der Waals surface area contributed by atoms with Gasteiger partial charge in [-0.3, -0.25) is 0 Å². The predicted octanol–water partition coefficient (Wildman–Crippen LogP) is 4.82. The van der Waals surface area contributed by atoms with Crippen LogP contribution in [0.3, 0.4) is 0 Å². The number of hydrogen-bond acceptors (Lipinski definition) is 3. The fourth-order valence-corrected chi connectivity index (χ4v) is 3.93. The highest BCUT2D eigenvalue weighted by atomic mass is 16.3. The lowest BCUT2D eigenvalue weighted by molar-refractivity contribution is 0.199. The number of benzene rings is 2. The van der Waals surface area contributed by atoms with E-state index in [-0.39, 0.29) is 11.5 Å². The summed E-state index contributed by atoms with van der Waals surface area (Å²) in [5, 5.41) is 10.7. The Morgan fingerprint density at radius 2 is 1.59 bits per heavy atom. The third-order valence-corrected chi connectivity index (χ3v) is 6.05. The maximum atomic E-state index is 10.7. The first-order valence-electron chi connectivity index (χ1n) is 10.1. The Labute approximate surface area is 164 Å². The molecule has 0 radical (unpaired) electrons. The third kappa shape index (κ3) is 5.12. The van der Waals surface area contributed by atoms with Crippen LogP contribution in [0.4, 0.5) is 0 Å². The molecule has 1 atom stereocenters. The summed E-state index contributed by atoms with van der Waals surface area (Å²) in [6.07, 6.45) is 2.66. The van der Waals surface area contributed by atoms with E-state index in [2.05, 4.69) is 58.0 Å². The topological polar surface area (TPSA) is 72.3 Å². The molecule has 0 spiro atoms. The Morgan fingerprint density at radius 3 is 2.15 bits per heavy atom. The Morgan fingerprint density at radius 1 is 0.963 bits per heavy atom. The van der Waals surface area contributed by atoms with Crippen LogP contribution in [0.5, 0.6) is 5.75 Å². The summed E-state index contributed by atoms with van der Waals surface area (Å²) in [4.78, 5) is 0. The van der Waals surface area contributed by atoms with Gasteiger partial charge in [0.05, 0.1) is 0 Å². The minimum atomic E-state index is -0.319. The molecule has 0 saturated heterocycles. The molecule has 0 aromatic heterocycles. The molecule has 0 aliphatic rings. The predicted molar refractivity (Wildman–Crippen MR) is 115 cm³/mol. The number of phenols is 1. The Kier molecular flexibility index (Phi) is 7.46. The first-order chi connectivity index (χ1) is 12.8. The highest BCUT2D eigenvalue weighted by molar-refractivity contribution is 5.44. The van der Waals surface area contributed by atoms with Crippen LogP contribution in [0.2, 0.25) is 0 Å². The molecular formula is C24H36N2O. The van der Waals surface area contributed by atoms with E-state index in [9.17, 15) is 5.11 Å². The molecule has 2 aromatic carbocycles. The van der Waals surface area contributed by atoms with Crippen LogP contribution < -0.4 is 11.5 Å². The van der Waals surface area contributed by atoms with Gasteiger partial charge in [-0.25, -0.2) is 0 Å². The van der Waals surface area contributed by atoms with E-state index in [1.54, 1.807) is 0 Å². The van der Waals surface area contributed by atoms with Gasteiger partial charge >= 0.3 is 0 Å². The summed E-state index contributed by atoms with van der Waals surface area (Å²) >= 11 is 0. The molecule has 5 N–H and O–H groups in total. The first kappa shape index (κ1) is 21.5. The average Bonchev–Trinajstić information content (AvgIpc) is 2.65. The van der Waals surface area contributed by atoms with E-state index in [1.807, 2.05) is 18.2 Å². The highest BCUT2D eigenvalue weighted by Gasteiger charge is 2.36. The third-order valence-electron chi connectivity index (χ3n) is 6.05. The summed E-state index contributed by atoms with van der Waals surface area (Å²) in [5.74, 6) is 1.08. The zero-order valence-corrected chi connectivity index (χ0v) is 17.3. The van der Waals surface area contributed by atoms with Crippen LogP contribution in [0, 0.1) is 11.8 Å². The van der Waals surface area contributed by atoms with Gasteiger partial charge in [0.2, 0.25) is 0 Å². The molecule has 27 heavy (non-hydrogen) atoms. The zero-order chi connectivity index (χ0) is 20.0. The van der Waals surface area contributed by atoms with Crippen LogP contribution in [0.1, 0.15) is 63.1 Å². The maximum absolute atomic E-state index is 10.7. The summed E-state index contributed by atoms with van der Waals surface area (Å²) in [6, 6.07) is 16.4. The lowest BCUT2D eigenvalue weighted by Gasteiger charge is -2.41. The monoisotopic (exact) mass is 368 g/mol. The van der Waals surface area contributed by atoms with Crippen molar-refractivity contribution in [2.24, 2.45) is 23.3 Å². The smallest absolute Gasteiger partial charge is 0.119 e. The van der Waals surface area contributed by atoms with Gasteiger partial charge in [0.1, 0.15) is 5.75 Å². The SMILES string of the molecule is CC(C)C(N)(CC(c1ccccc1)c1cc(CCCN)ccc1O)C(C)C. The van der Waals surface area contributed by atoms with Crippen molar-refractivity contribution in [1.29, 1.82) is 0 Å². The Balaban J connectivity index is 2.51. The van der Waals surface area contributed by atoms with Crippen molar-refractivity contribution in [2.45, 2.75) is 58.4 Å². The van der Waals surface area contributed by atoms with Crippen molar-refractivity contribution < 1.29 is 5.11 Å². The molecule has 0 heterocycles. The number of rotatable bonds is 9. The lowest BCUT2D eigenvalue weighted by Crippen LogP contribution is -2.51. The van der Waals surface area contributed by atoms with Gasteiger partial charge in [-0.1, -0.05) is 70.2 Å². The van der Waals surface area contributed by atoms with Gasteiger partial charge in [0.25, 0.3) is 0 Å². The molecule has 2 rings (SSSR count). The largest absolute Gasteiger partial charge is 0.508 e. The molecule has 0 bridgehead atoms. The molecule has 0 saturated carbocycles. The van der Waals surface area contributed by atoms with Crippen LogP contribution in [0.25, 0.3) is 0 Å². The van der Waals surface area contributed by atoms with Gasteiger partial charge in [-0.2, -0.15) is 0 Å². The molecule has 3 nitrogen and oxygen atoms in total. The molecule has 3 heteroatoms. The minimum absolute atomic E-state index is 0.0545. The fourth-order valence-electron chi connectivity index (χ4n) is 3.93. The van der Waals surface area contributed by atoms with E-state index in [0.717, 1.165) is 24.8 Å². The van der Waals surface area contributed by atoms with Gasteiger partial charge in [0.15, 0.2) is 0 Å². The van der Waals surface area contributed by atoms with Crippen LogP contribution in [-0.2, 0) is 6.42 Å². The highest BCUT2D eigenvalue weighted by Crippen LogP contribution is 2.41. The number of aromatic hydroxyl groups is 1. The minimum Gasteiger partial charge on any atom is -0.508 e. The summed E-state index contributed by atoms with van der Waals surface area (Å²) in [6.45, 7) is 9.45. The van der Waals surface area contributed by atoms with Crippen LogP contribution in [0.15, 0.2) is 48.5 Å². The van der Waals surface area contributed by atoms with E-state index in [4.69, 9.17) is 11.5 Å². The summed E-state index contributed by atoms with van der Waals surface area (Å²) in [7, 11) is 0. The van der Waals surface area contributed by atoms with E-state index in [0.29, 0.717) is 24.1 Å². The number of hydrogen-bond donors (Lipinski definition) is 3. The molecule has 2 aromatic rings. The molecule has 0 aliphatic heterocycles. The van der Waals surface area contributed by atoms with Crippen molar-refractivity contribution in [3.05, 3.63) is 65.2 Å². The van der Waals surface area contributed by atoms with Crippen molar-refractivity contribution in [3.8, 4) is 5.75 Å². The summed E-state index contributed by atoms with van der Waals surface area (Å²) < 4.78 is 0. The van der Waals surface area contributed by atoms with Crippen molar-refractivity contribution in [1.82, 2.24) is 0 Å². The van der Waals surface area contributed by atoms with E-state index >= 15 is 0 Å². The lowest BCUT2D eigenvalue weighted by atomic mass is 9.69.